The molecule has 0 fully saturated rings. The zero-order valence-corrected chi connectivity index (χ0v) is 9.92. The maximum Gasteiger partial charge on any atom is 0.238 e. The molecule has 0 saturated carbocycles. The molecule has 1 amide bonds. The average molecular weight is 314 g/mol. The van der Waals surface area contributed by atoms with E-state index in [0.29, 0.717) is 6.42 Å². The van der Waals surface area contributed by atoms with Crippen molar-refractivity contribution in [2.24, 2.45) is 5.84 Å². The van der Waals surface area contributed by atoms with Crippen molar-refractivity contribution in [2.45, 2.75) is 6.42 Å². The molecule has 0 aliphatic heterocycles. The molecule has 3 nitrogen and oxygen atoms in total. The summed E-state index contributed by atoms with van der Waals surface area (Å²) < 4.78 is 1.95. The number of nitrogens with two attached hydrogens (primary N) is 1. The normalized spacial score (nSPS) is 9.92. The summed E-state index contributed by atoms with van der Waals surface area (Å²) in [5.74, 6) is 4.76. The number of carbonyl (C=O) groups is 1. The highest BCUT2D eigenvalue weighted by atomic mass is 79.9. The Hall–Kier alpha value is 0.0900. The SMILES string of the molecule is NNC(=O)Cc1cc(Br)sc1Br. The van der Waals surface area contributed by atoms with Crippen molar-refractivity contribution < 1.29 is 4.79 Å². The van der Waals surface area contributed by atoms with E-state index in [-0.39, 0.29) is 5.91 Å². The summed E-state index contributed by atoms with van der Waals surface area (Å²) in [5, 5.41) is 0. The van der Waals surface area contributed by atoms with Gasteiger partial charge < -0.3 is 0 Å². The first kappa shape index (κ1) is 10.2. The lowest BCUT2D eigenvalue weighted by Crippen LogP contribution is -2.31. The predicted molar refractivity (Wildman–Crippen MR) is 55.8 cm³/mol. The average Bonchev–Trinajstić information content (AvgIpc) is 2.30. The molecule has 0 radical (unpaired) electrons. The highest BCUT2D eigenvalue weighted by Crippen LogP contribution is 2.31. The molecule has 0 aliphatic carbocycles. The van der Waals surface area contributed by atoms with Crippen LogP contribution >= 0.6 is 43.2 Å². The zero-order valence-electron chi connectivity index (χ0n) is 5.93. The lowest BCUT2D eigenvalue weighted by Gasteiger charge is -1.96. The smallest absolute Gasteiger partial charge is 0.238 e. The Morgan fingerprint density at radius 2 is 2.33 bits per heavy atom. The van der Waals surface area contributed by atoms with Gasteiger partial charge in [0.25, 0.3) is 0 Å². The van der Waals surface area contributed by atoms with Crippen LogP contribution in [0.3, 0.4) is 0 Å². The predicted octanol–water partition coefficient (Wildman–Crippen LogP) is 1.81. The summed E-state index contributed by atoms with van der Waals surface area (Å²) in [6.07, 6.45) is 0.305. The molecule has 1 heterocycles. The maximum atomic E-state index is 10.9. The van der Waals surface area contributed by atoms with E-state index in [2.05, 4.69) is 37.3 Å². The molecule has 1 aromatic rings. The summed E-state index contributed by atoms with van der Waals surface area (Å²) >= 11 is 8.20. The van der Waals surface area contributed by atoms with Crippen molar-refractivity contribution in [3.05, 3.63) is 19.2 Å². The van der Waals surface area contributed by atoms with Crippen LogP contribution < -0.4 is 11.3 Å². The lowest BCUT2D eigenvalue weighted by molar-refractivity contribution is -0.120. The molecular weight excluding hydrogens is 308 g/mol. The van der Waals surface area contributed by atoms with Crippen molar-refractivity contribution in [3.63, 3.8) is 0 Å². The molecule has 6 heteroatoms. The van der Waals surface area contributed by atoms with E-state index in [4.69, 9.17) is 5.84 Å². The molecule has 1 rings (SSSR count). The second-order valence-corrected chi connectivity index (χ2v) is 5.84. The molecule has 0 spiro atoms. The molecule has 0 atom stereocenters. The third kappa shape index (κ3) is 2.55. The van der Waals surface area contributed by atoms with Gasteiger partial charge in [-0.15, -0.1) is 11.3 Å². The van der Waals surface area contributed by atoms with Crippen LogP contribution in [0.15, 0.2) is 13.6 Å². The van der Waals surface area contributed by atoms with E-state index in [0.717, 1.165) is 13.1 Å². The minimum Gasteiger partial charge on any atom is -0.294 e. The van der Waals surface area contributed by atoms with Gasteiger partial charge >= 0.3 is 0 Å². The number of rotatable bonds is 2. The van der Waals surface area contributed by atoms with E-state index >= 15 is 0 Å². The highest BCUT2D eigenvalue weighted by Gasteiger charge is 2.08. The van der Waals surface area contributed by atoms with E-state index in [1.807, 2.05) is 6.07 Å². The second kappa shape index (κ2) is 4.36. The lowest BCUT2D eigenvalue weighted by atomic mass is 10.2. The molecule has 3 N–H and O–H groups in total. The second-order valence-electron chi connectivity index (χ2n) is 2.09. The molecule has 0 aliphatic rings. The largest absolute Gasteiger partial charge is 0.294 e. The van der Waals surface area contributed by atoms with Crippen LogP contribution in [0.25, 0.3) is 0 Å². The first-order chi connectivity index (χ1) is 5.63. The van der Waals surface area contributed by atoms with Gasteiger partial charge in [0.1, 0.15) is 0 Å². The van der Waals surface area contributed by atoms with E-state index in [1.54, 1.807) is 0 Å². The van der Waals surface area contributed by atoms with Gasteiger partial charge in [-0.3, -0.25) is 10.2 Å². The minimum absolute atomic E-state index is 0.194. The number of carbonyl (C=O) groups excluding carboxylic acids is 1. The molecule has 1 aromatic heterocycles. The number of nitrogens with one attached hydrogen (secondary N) is 1. The molecule has 0 unspecified atom stereocenters. The molecule has 0 bridgehead atoms. The zero-order chi connectivity index (χ0) is 9.14. The minimum atomic E-state index is -0.194. The van der Waals surface area contributed by atoms with Crippen LogP contribution in [0, 0.1) is 0 Å². The van der Waals surface area contributed by atoms with Crippen molar-refractivity contribution in [1.29, 1.82) is 0 Å². The molecule has 0 aromatic carbocycles. The third-order valence-electron chi connectivity index (χ3n) is 1.24. The Bertz CT molecular complexity index is 300. The third-order valence-corrected chi connectivity index (χ3v) is 3.70. The van der Waals surface area contributed by atoms with Gasteiger partial charge in [0.05, 0.1) is 14.0 Å². The fourth-order valence-electron chi connectivity index (χ4n) is 0.719. The van der Waals surface area contributed by atoms with Gasteiger partial charge in [-0.2, -0.15) is 0 Å². The van der Waals surface area contributed by atoms with Crippen molar-refractivity contribution in [1.82, 2.24) is 5.43 Å². The monoisotopic (exact) mass is 312 g/mol. The van der Waals surface area contributed by atoms with Crippen molar-refractivity contribution in [2.75, 3.05) is 0 Å². The van der Waals surface area contributed by atoms with Gasteiger partial charge in [-0.25, -0.2) is 5.84 Å². The number of amides is 1. The van der Waals surface area contributed by atoms with E-state index in [1.165, 1.54) is 11.3 Å². The Balaban J connectivity index is 2.75. The van der Waals surface area contributed by atoms with Crippen LogP contribution in [0.1, 0.15) is 5.56 Å². The van der Waals surface area contributed by atoms with E-state index in [9.17, 15) is 4.79 Å². The van der Waals surface area contributed by atoms with Gasteiger partial charge in [0, 0.05) is 0 Å². The van der Waals surface area contributed by atoms with Crippen molar-refractivity contribution >= 4 is 49.1 Å². The van der Waals surface area contributed by atoms with Crippen LogP contribution in [0.5, 0.6) is 0 Å². The number of hydrogen-bond donors (Lipinski definition) is 2. The molecule has 66 valence electrons. The summed E-state index contributed by atoms with van der Waals surface area (Å²) in [7, 11) is 0. The van der Waals surface area contributed by atoms with Crippen LogP contribution in [0.2, 0.25) is 0 Å². The fraction of sp³-hybridized carbons (Fsp3) is 0.167. The van der Waals surface area contributed by atoms with Crippen LogP contribution in [-0.2, 0) is 11.2 Å². The van der Waals surface area contributed by atoms with Crippen LogP contribution in [-0.4, -0.2) is 5.91 Å². The van der Waals surface area contributed by atoms with Gasteiger partial charge in [-0.05, 0) is 43.5 Å². The summed E-state index contributed by atoms with van der Waals surface area (Å²) in [6, 6.07) is 1.89. The standard InChI is InChI=1S/C6H6Br2N2OS/c7-4-1-3(6(8)12-4)2-5(11)10-9/h1H,2,9H2,(H,10,11). The topological polar surface area (TPSA) is 55.1 Å². The highest BCUT2D eigenvalue weighted by molar-refractivity contribution is 9.12. The summed E-state index contributed by atoms with van der Waals surface area (Å²) in [4.78, 5) is 10.9. The number of hydrazine groups is 1. The van der Waals surface area contributed by atoms with Crippen molar-refractivity contribution in [3.8, 4) is 0 Å². The Labute approximate surface area is 90.6 Å². The van der Waals surface area contributed by atoms with E-state index < -0.39 is 0 Å². The fourth-order valence-corrected chi connectivity index (χ4v) is 3.54. The first-order valence-electron chi connectivity index (χ1n) is 3.06. The molecule has 0 saturated heterocycles. The van der Waals surface area contributed by atoms with Gasteiger partial charge in [0.15, 0.2) is 0 Å². The maximum absolute atomic E-state index is 10.9. The molecular formula is C6H6Br2N2OS. The number of halogens is 2. The molecule has 12 heavy (non-hydrogen) atoms. The number of thiophene rings is 1. The Morgan fingerprint density at radius 1 is 1.67 bits per heavy atom. The summed E-state index contributed by atoms with van der Waals surface area (Å²) in [5.41, 5.74) is 3.02. The summed E-state index contributed by atoms with van der Waals surface area (Å²) in [6.45, 7) is 0. The number of hydrogen-bond acceptors (Lipinski definition) is 3. The Morgan fingerprint density at radius 3 is 2.75 bits per heavy atom. The van der Waals surface area contributed by atoms with Gasteiger partial charge in [0.2, 0.25) is 5.91 Å². The quantitative estimate of drug-likeness (QED) is 0.497. The van der Waals surface area contributed by atoms with Crippen LogP contribution in [0.4, 0.5) is 0 Å². The Kier molecular flexibility index (Phi) is 3.70. The first-order valence-corrected chi connectivity index (χ1v) is 5.47. The van der Waals surface area contributed by atoms with Gasteiger partial charge in [-0.1, -0.05) is 0 Å².